The van der Waals surface area contributed by atoms with Crippen LogP contribution in [0.5, 0.6) is 0 Å². The molecule has 0 radical (unpaired) electrons. The summed E-state index contributed by atoms with van der Waals surface area (Å²) in [7, 11) is 0. The minimum atomic E-state index is -4.56. The Kier molecular flexibility index (Phi) is 4.61. The van der Waals surface area contributed by atoms with Crippen LogP contribution >= 0.6 is 0 Å². The summed E-state index contributed by atoms with van der Waals surface area (Å²) in [6, 6.07) is 3.73. The normalized spacial score (nSPS) is 25.5. The maximum atomic E-state index is 12.7. The van der Waals surface area contributed by atoms with Gasteiger partial charge in [0.25, 0.3) is 0 Å². The third-order valence-corrected chi connectivity index (χ3v) is 4.25. The first-order valence-electron chi connectivity index (χ1n) is 7.16. The first kappa shape index (κ1) is 16.6. The molecule has 0 aliphatic heterocycles. The molecule has 1 aromatic rings. The van der Waals surface area contributed by atoms with Crippen molar-refractivity contribution in [2.45, 2.75) is 44.9 Å². The Labute approximate surface area is 127 Å². The van der Waals surface area contributed by atoms with E-state index < -0.39 is 23.4 Å². The van der Waals surface area contributed by atoms with Crippen LogP contribution in [0.2, 0.25) is 0 Å². The number of pyridine rings is 1. The number of aliphatic hydroxyl groups excluding tert-OH is 1. The molecule has 4 nitrogen and oxygen atoms in total. The molecule has 1 aliphatic carbocycles. The Hall–Kier alpha value is -1.81. The highest BCUT2D eigenvalue weighted by molar-refractivity contribution is 5.52. The first-order valence-corrected chi connectivity index (χ1v) is 7.16. The highest BCUT2D eigenvalue weighted by Gasteiger charge is 2.36. The predicted octanol–water partition coefficient (Wildman–Crippen LogP) is 3.33. The van der Waals surface area contributed by atoms with Gasteiger partial charge in [-0.05, 0) is 25.0 Å². The molecule has 22 heavy (non-hydrogen) atoms. The summed E-state index contributed by atoms with van der Waals surface area (Å²) in [6.07, 6.45) is -1.69. The molecule has 1 aromatic heterocycles. The average Bonchev–Trinajstić information content (AvgIpc) is 2.47. The summed E-state index contributed by atoms with van der Waals surface area (Å²) in [5.74, 6) is -0.0867. The van der Waals surface area contributed by atoms with E-state index in [4.69, 9.17) is 5.26 Å². The van der Waals surface area contributed by atoms with E-state index in [1.54, 1.807) is 0 Å². The monoisotopic (exact) mass is 313 g/mol. The lowest BCUT2D eigenvalue weighted by Gasteiger charge is -2.38. The molecule has 0 bridgehead atoms. The van der Waals surface area contributed by atoms with Crippen molar-refractivity contribution in [3.63, 3.8) is 0 Å². The number of nitriles is 1. The van der Waals surface area contributed by atoms with Crippen LogP contribution in [-0.2, 0) is 6.18 Å². The van der Waals surface area contributed by atoms with Crippen LogP contribution in [0.25, 0.3) is 0 Å². The summed E-state index contributed by atoms with van der Waals surface area (Å²) in [5.41, 5.74) is -1.41. The van der Waals surface area contributed by atoms with Gasteiger partial charge in [0.1, 0.15) is 17.6 Å². The van der Waals surface area contributed by atoms with Crippen LogP contribution in [-0.4, -0.2) is 22.7 Å². The fourth-order valence-corrected chi connectivity index (χ4v) is 2.72. The van der Waals surface area contributed by atoms with Crippen molar-refractivity contribution in [1.29, 1.82) is 5.26 Å². The lowest BCUT2D eigenvalue weighted by molar-refractivity contribution is -0.141. The van der Waals surface area contributed by atoms with Crippen molar-refractivity contribution in [3.05, 3.63) is 23.4 Å². The van der Waals surface area contributed by atoms with Gasteiger partial charge in [-0.3, -0.25) is 0 Å². The molecule has 1 saturated carbocycles. The van der Waals surface area contributed by atoms with Crippen LogP contribution < -0.4 is 5.32 Å². The van der Waals surface area contributed by atoms with Gasteiger partial charge in [0.2, 0.25) is 0 Å². The number of hydrogen-bond donors (Lipinski definition) is 2. The summed E-state index contributed by atoms with van der Waals surface area (Å²) < 4.78 is 38.2. The Bertz CT molecular complexity index is 582. The zero-order valence-electron chi connectivity index (χ0n) is 12.2. The van der Waals surface area contributed by atoms with Gasteiger partial charge in [-0.2, -0.15) is 18.4 Å². The molecule has 1 fully saturated rings. The van der Waals surface area contributed by atoms with Crippen molar-refractivity contribution in [2.75, 3.05) is 11.9 Å². The highest BCUT2D eigenvalue weighted by Crippen LogP contribution is 2.36. The number of nitrogens with zero attached hydrogens (tertiary/aromatic N) is 2. The predicted molar refractivity (Wildman–Crippen MR) is 75.0 cm³/mol. The Morgan fingerprint density at radius 2 is 2.18 bits per heavy atom. The number of alkyl halides is 3. The first-order chi connectivity index (χ1) is 10.3. The van der Waals surface area contributed by atoms with Gasteiger partial charge in [0.05, 0.1) is 11.7 Å². The van der Waals surface area contributed by atoms with E-state index in [2.05, 4.69) is 10.3 Å². The van der Waals surface area contributed by atoms with Crippen molar-refractivity contribution in [3.8, 4) is 6.07 Å². The lowest BCUT2D eigenvalue weighted by Crippen LogP contribution is -2.41. The van der Waals surface area contributed by atoms with Crippen molar-refractivity contribution in [1.82, 2.24) is 4.98 Å². The van der Waals surface area contributed by atoms with Crippen molar-refractivity contribution < 1.29 is 18.3 Å². The molecule has 2 N–H and O–H groups in total. The van der Waals surface area contributed by atoms with E-state index in [9.17, 15) is 18.3 Å². The molecule has 1 heterocycles. The van der Waals surface area contributed by atoms with Gasteiger partial charge >= 0.3 is 6.18 Å². The molecule has 0 spiro atoms. The molecule has 2 unspecified atom stereocenters. The molecule has 0 aromatic carbocycles. The number of halogens is 3. The Morgan fingerprint density at radius 1 is 1.45 bits per heavy atom. The average molecular weight is 313 g/mol. The third kappa shape index (κ3) is 3.50. The summed E-state index contributed by atoms with van der Waals surface area (Å²) in [5, 5.41) is 21.9. The molecule has 0 amide bonds. The fraction of sp³-hybridized carbons (Fsp3) is 0.600. The second-order valence-corrected chi connectivity index (χ2v) is 5.97. The van der Waals surface area contributed by atoms with Gasteiger partial charge in [0, 0.05) is 12.0 Å². The van der Waals surface area contributed by atoms with E-state index in [1.165, 1.54) is 0 Å². The van der Waals surface area contributed by atoms with Crippen LogP contribution in [0.15, 0.2) is 12.1 Å². The van der Waals surface area contributed by atoms with E-state index in [1.807, 2.05) is 13.0 Å². The second-order valence-electron chi connectivity index (χ2n) is 5.97. The zero-order chi connectivity index (χ0) is 16.4. The molecule has 2 rings (SSSR count). The Morgan fingerprint density at radius 3 is 2.77 bits per heavy atom. The number of anilines is 1. The topological polar surface area (TPSA) is 68.9 Å². The number of nitrogens with one attached hydrogen (secondary N) is 1. The van der Waals surface area contributed by atoms with Gasteiger partial charge in [-0.25, -0.2) is 4.98 Å². The minimum Gasteiger partial charge on any atom is -0.392 e. The molecule has 7 heteroatoms. The lowest BCUT2D eigenvalue weighted by atomic mass is 9.73. The number of rotatable bonds is 3. The van der Waals surface area contributed by atoms with Crippen LogP contribution in [0.3, 0.4) is 0 Å². The summed E-state index contributed by atoms with van der Waals surface area (Å²) in [6.45, 7) is 2.17. The van der Waals surface area contributed by atoms with E-state index in [0.717, 1.165) is 31.4 Å². The van der Waals surface area contributed by atoms with Gasteiger partial charge in [-0.15, -0.1) is 0 Å². The van der Waals surface area contributed by atoms with E-state index in [-0.39, 0.29) is 17.9 Å². The molecule has 1 aliphatic rings. The molecule has 2 atom stereocenters. The smallest absolute Gasteiger partial charge is 0.392 e. The number of hydrogen-bond acceptors (Lipinski definition) is 4. The van der Waals surface area contributed by atoms with Crippen LogP contribution in [0.1, 0.15) is 43.9 Å². The largest absolute Gasteiger partial charge is 0.433 e. The van der Waals surface area contributed by atoms with E-state index in [0.29, 0.717) is 6.42 Å². The number of aliphatic hydroxyl groups is 1. The molecule has 0 saturated heterocycles. The molecule has 120 valence electrons. The van der Waals surface area contributed by atoms with Gasteiger partial charge in [-0.1, -0.05) is 19.8 Å². The molecular formula is C15H18F3N3O. The third-order valence-electron chi connectivity index (χ3n) is 4.25. The van der Waals surface area contributed by atoms with Crippen LogP contribution in [0.4, 0.5) is 19.0 Å². The van der Waals surface area contributed by atoms with E-state index >= 15 is 0 Å². The second kappa shape index (κ2) is 6.13. The van der Waals surface area contributed by atoms with Gasteiger partial charge in [0.15, 0.2) is 0 Å². The molecular weight excluding hydrogens is 295 g/mol. The summed E-state index contributed by atoms with van der Waals surface area (Å²) in [4.78, 5) is 3.52. The fourth-order valence-electron chi connectivity index (χ4n) is 2.72. The minimum absolute atomic E-state index is 0.0573. The maximum Gasteiger partial charge on any atom is 0.433 e. The van der Waals surface area contributed by atoms with Gasteiger partial charge < -0.3 is 10.4 Å². The maximum absolute atomic E-state index is 12.7. The van der Waals surface area contributed by atoms with Crippen molar-refractivity contribution >= 4 is 5.82 Å². The zero-order valence-corrected chi connectivity index (χ0v) is 12.2. The van der Waals surface area contributed by atoms with Crippen molar-refractivity contribution in [2.24, 2.45) is 5.41 Å². The van der Waals surface area contributed by atoms with Crippen LogP contribution in [0, 0.1) is 16.7 Å². The quantitative estimate of drug-likeness (QED) is 0.898. The standard InChI is InChI=1S/C15H18F3N3O/c1-14(7-3-2-4-12(14)22)9-20-13-10(8-19)5-6-11(21-13)15(16,17)18/h5-6,12,22H,2-4,7,9H2,1H3,(H,20,21). The SMILES string of the molecule is CC1(CNc2nc(C(F)(F)F)ccc2C#N)CCCCC1O. The summed E-state index contributed by atoms with van der Waals surface area (Å²) >= 11 is 0. The Balaban J connectivity index is 2.19. The highest BCUT2D eigenvalue weighted by atomic mass is 19.4. The number of aromatic nitrogens is 1.